The van der Waals surface area contributed by atoms with E-state index in [1.54, 1.807) is 6.07 Å². The second kappa shape index (κ2) is 5.48. The molecule has 1 heterocycles. The molecular weight excluding hydrogens is 268 g/mol. The van der Waals surface area contributed by atoms with Crippen molar-refractivity contribution in [1.29, 1.82) is 0 Å². The van der Waals surface area contributed by atoms with Crippen LogP contribution in [0.25, 0.3) is 11.1 Å². The van der Waals surface area contributed by atoms with E-state index in [0.717, 1.165) is 17.5 Å². The number of carboxylic acid groups (broad SMARTS) is 1. The monoisotopic (exact) mass is 284 g/mol. The lowest BCUT2D eigenvalue weighted by Gasteiger charge is -2.11. The zero-order chi connectivity index (χ0) is 14.8. The fraction of sp³-hybridized carbons (Fsp3) is 0.235. The van der Waals surface area contributed by atoms with Gasteiger partial charge in [-0.1, -0.05) is 23.8 Å². The van der Waals surface area contributed by atoms with Gasteiger partial charge in [-0.2, -0.15) is 0 Å². The highest BCUT2D eigenvalue weighted by molar-refractivity contribution is 5.96. The average Bonchev–Trinajstić information content (AvgIpc) is 2.71. The fourth-order valence-electron chi connectivity index (χ4n) is 2.42. The van der Waals surface area contributed by atoms with Gasteiger partial charge >= 0.3 is 5.97 Å². The number of benzene rings is 2. The Balaban J connectivity index is 2.09. The predicted molar refractivity (Wildman–Crippen MR) is 79.2 cm³/mol. The standard InChI is InChI=1S/C17H16O4/c1-11-3-5-13(14(9-11)17(18)19)12-4-6-15-16(10-12)21-8-2-7-20-15/h3-6,9-10H,2,7-8H2,1H3,(H,18,19). The SMILES string of the molecule is Cc1ccc(-c2ccc3c(c2)OCCCO3)c(C(=O)O)c1. The van der Waals surface area contributed by atoms with Crippen molar-refractivity contribution in [2.45, 2.75) is 13.3 Å². The summed E-state index contributed by atoms with van der Waals surface area (Å²) in [5, 5.41) is 9.38. The molecule has 1 N–H and O–H groups in total. The third-order valence-corrected chi connectivity index (χ3v) is 3.46. The van der Waals surface area contributed by atoms with E-state index < -0.39 is 5.97 Å². The molecule has 0 amide bonds. The molecule has 4 nitrogen and oxygen atoms in total. The number of hydrogen-bond donors (Lipinski definition) is 1. The van der Waals surface area contributed by atoms with Gasteiger partial charge in [0.25, 0.3) is 0 Å². The van der Waals surface area contributed by atoms with E-state index in [-0.39, 0.29) is 0 Å². The smallest absolute Gasteiger partial charge is 0.336 e. The summed E-state index contributed by atoms with van der Waals surface area (Å²) in [5.41, 5.74) is 2.72. The summed E-state index contributed by atoms with van der Waals surface area (Å²) >= 11 is 0. The van der Waals surface area contributed by atoms with Crippen molar-refractivity contribution in [3.05, 3.63) is 47.5 Å². The van der Waals surface area contributed by atoms with Crippen molar-refractivity contribution in [2.24, 2.45) is 0 Å². The van der Waals surface area contributed by atoms with Gasteiger partial charge in [0.15, 0.2) is 11.5 Å². The van der Waals surface area contributed by atoms with E-state index in [1.165, 1.54) is 0 Å². The molecule has 1 aliphatic rings. The van der Waals surface area contributed by atoms with Gasteiger partial charge in [-0.3, -0.25) is 0 Å². The Hall–Kier alpha value is -2.49. The van der Waals surface area contributed by atoms with Crippen molar-refractivity contribution >= 4 is 5.97 Å². The molecular formula is C17H16O4. The summed E-state index contributed by atoms with van der Waals surface area (Å²) < 4.78 is 11.3. The molecule has 4 heteroatoms. The van der Waals surface area contributed by atoms with E-state index in [4.69, 9.17) is 9.47 Å². The molecule has 0 unspecified atom stereocenters. The van der Waals surface area contributed by atoms with Crippen LogP contribution in [0.3, 0.4) is 0 Å². The zero-order valence-corrected chi connectivity index (χ0v) is 11.8. The maximum absolute atomic E-state index is 11.4. The summed E-state index contributed by atoms with van der Waals surface area (Å²) in [4.78, 5) is 11.4. The summed E-state index contributed by atoms with van der Waals surface area (Å²) in [5.74, 6) is 0.447. The van der Waals surface area contributed by atoms with E-state index in [2.05, 4.69) is 0 Å². The van der Waals surface area contributed by atoms with Crippen LogP contribution in [0.15, 0.2) is 36.4 Å². The van der Waals surface area contributed by atoms with Gasteiger partial charge in [0, 0.05) is 6.42 Å². The van der Waals surface area contributed by atoms with Gasteiger partial charge in [-0.05, 0) is 36.2 Å². The maximum Gasteiger partial charge on any atom is 0.336 e. The molecule has 0 saturated heterocycles. The van der Waals surface area contributed by atoms with E-state index in [0.29, 0.717) is 35.8 Å². The summed E-state index contributed by atoms with van der Waals surface area (Å²) in [7, 11) is 0. The molecule has 0 radical (unpaired) electrons. The number of ether oxygens (including phenoxy) is 2. The first-order chi connectivity index (χ1) is 10.1. The molecule has 1 aliphatic heterocycles. The Labute approximate surface area is 122 Å². The first kappa shape index (κ1) is 13.5. The van der Waals surface area contributed by atoms with E-state index >= 15 is 0 Å². The van der Waals surface area contributed by atoms with Gasteiger partial charge in [0.05, 0.1) is 18.8 Å². The topological polar surface area (TPSA) is 55.8 Å². The summed E-state index contributed by atoms with van der Waals surface area (Å²) in [6.07, 6.45) is 0.842. The number of aryl methyl sites for hydroxylation is 1. The van der Waals surface area contributed by atoms with Gasteiger partial charge in [0.2, 0.25) is 0 Å². The minimum atomic E-state index is -0.930. The molecule has 0 saturated carbocycles. The van der Waals surface area contributed by atoms with Gasteiger partial charge in [-0.15, -0.1) is 0 Å². The van der Waals surface area contributed by atoms with Crippen LogP contribution in [0.4, 0.5) is 0 Å². The number of aromatic carboxylic acids is 1. The molecule has 108 valence electrons. The Bertz CT molecular complexity index is 691. The summed E-state index contributed by atoms with van der Waals surface area (Å²) in [6.45, 7) is 3.12. The molecule has 0 spiro atoms. The van der Waals surface area contributed by atoms with Crippen molar-refractivity contribution in [2.75, 3.05) is 13.2 Å². The Morgan fingerprint density at radius 1 is 1.05 bits per heavy atom. The van der Waals surface area contributed by atoms with Gasteiger partial charge in [-0.25, -0.2) is 4.79 Å². The van der Waals surface area contributed by atoms with E-state index in [1.807, 2.05) is 37.3 Å². The molecule has 3 rings (SSSR count). The highest BCUT2D eigenvalue weighted by atomic mass is 16.5. The molecule has 2 aromatic carbocycles. The Kier molecular flexibility index (Phi) is 3.52. The van der Waals surface area contributed by atoms with Crippen LogP contribution in [0.2, 0.25) is 0 Å². The summed E-state index contributed by atoms with van der Waals surface area (Å²) in [6, 6.07) is 11.0. The highest BCUT2D eigenvalue weighted by Gasteiger charge is 2.15. The number of carbonyl (C=O) groups is 1. The quantitative estimate of drug-likeness (QED) is 0.916. The van der Waals surface area contributed by atoms with Crippen molar-refractivity contribution in [3.63, 3.8) is 0 Å². The van der Waals surface area contributed by atoms with Crippen LogP contribution >= 0.6 is 0 Å². The van der Waals surface area contributed by atoms with Gasteiger partial charge in [0.1, 0.15) is 0 Å². The molecule has 21 heavy (non-hydrogen) atoms. The number of fused-ring (bicyclic) bond motifs is 1. The largest absolute Gasteiger partial charge is 0.490 e. The number of carboxylic acids is 1. The normalized spacial score (nSPS) is 13.6. The fourth-order valence-corrected chi connectivity index (χ4v) is 2.42. The minimum absolute atomic E-state index is 0.296. The maximum atomic E-state index is 11.4. The highest BCUT2D eigenvalue weighted by Crippen LogP contribution is 2.35. The van der Waals surface area contributed by atoms with Crippen LogP contribution in [0.1, 0.15) is 22.3 Å². The molecule has 0 atom stereocenters. The first-order valence-electron chi connectivity index (χ1n) is 6.89. The molecule has 0 bridgehead atoms. The van der Waals surface area contributed by atoms with Crippen molar-refractivity contribution < 1.29 is 19.4 Å². The lowest BCUT2D eigenvalue weighted by atomic mass is 9.97. The van der Waals surface area contributed by atoms with Crippen molar-refractivity contribution in [1.82, 2.24) is 0 Å². The molecule has 0 aromatic heterocycles. The van der Waals surface area contributed by atoms with E-state index in [9.17, 15) is 9.90 Å². The van der Waals surface area contributed by atoms with Gasteiger partial charge < -0.3 is 14.6 Å². The van der Waals surface area contributed by atoms with Crippen LogP contribution in [0, 0.1) is 6.92 Å². The van der Waals surface area contributed by atoms with Crippen LogP contribution in [0.5, 0.6) is 11.5 Å². The second-order valence-electron chi connectivity index (χ2n) is 5.07. The molecule has 2 aromatic rings. The minimum Gasteiger partial charge on any atom is -0.490 e. The average molecular weight is 284 g/mol. The second-order valence-corrected chi connectivity index (χ2v) is 5.07. The third kappa shape index (κ3) is 2.70. The number of hydrogen-bond acceptors (Lipinski definition) is 3. The van der Waals surface area contributed by atoms with Crippen molar-refractivity contribution in [3.8, 4) is 22.6 Å². The predicted octanol–water partition coefficient (Wildman–Crippen LogP) is 3.52. The van der Waals surface area contributed by atoms with Crippen LogP contribution in [-0.2, 0) is 0 Å². The Morgan fingerprint density at radius 2 is 1.81 bits per heavy atom. The van der Waals surface area contributed by atoms with Crippen LogP contribution in [-0.4, -0.2) is 24.3 Å². The third-order valence-electron chi connectivity index (χ3n) is 3.46. The zero-order valence-electron chi connectivity index (χ0n) is 11.8. The first-order valence-corrected chi connectivity index (χ1v) is 6.89. The Morgan fingerprint density at radius 3 is 2.57 bits per heavy atom. The number of rotatable bonds is 2. The molecule has 0 aliphatic carbocycles. The lowest BCUT2D eigenvalue weighted by Crippen LogP contribution is -2.00. The van der Waals surface area contributed by atoms with Crippen LogP contribution < -0.4 is 9.47 Å². The lowest BCUT2D eigenvalue weighted by molar-refractivity contribution is 0.0697. The molecule has 0 fully saturated rings.